The van der Waals surface area contributed by atoms with E-state index < -0.39 is 6.10 Å². The van der Waals surface area contributed by atoms with Crippen LogP contribution in [-0.2, 0) is 4.74 Å². The number of benzene rings is 1. The van der Waals surface area contributed by atoms with E-state index >= 15 is 0 Å². The van der Waals surface area contributed by atoms with E-state index in [0.29, 0.717) is 0 Å². The predicted octanol–water partition coefficient (Wildman–Crippen LogP) is 3.94. The van der Waals surface area contributed by atoms with Crippen LogP contribution in [0.2, 0.25) is 0 Å². The number of rotatable bonds is 3. The molecule has 0 aliphatic carbocycles. The number of hydrogen-bond donors (Lipinski definition) is 1. The summed E-state index contributed by atoms with van der Waals surface area (Å²) in [5.41, 5.74) is 0.865. The van der Waals surface area contributed by atoms with Gasteiger partial charge in [0.05, 0.1) is 18.3 Å². The summed E-state index contributed by atoms with van der Waals surface area (Å²) in [6.45, 7) is 2.54. The molecule has 1 aromatic carbocycles. The molecular weight excluding hydrogens is 352 g/mol. The van der Waals surface area contributed by atoms with E-state index in [1.54, 1.807) is 6.92 Å². The van der Waals surface area contributed by atoms with Gasteiger partial charge in [0.2, 0.25) is 0 Å². The number of hydrogen-bond acceptors (Lipinski definition) is 4. The van der Waals surface area contributed by atoms with Crippen LogP contribution in [0.5, 0.6) is 5.75 Å². The molecule has 0 amide bonds. The van der Waals surface area contributed by atoms with Crippen molar-refractivity contribution in [3.8, 4) is 5.75 Å². The second-order valence-corrected chi connectivity index (χ2v) is 7.95. The summed E-state index contributed by atoms with van der Waals surface area (Å²) in [7, 11) is 0. The van der Waals surface area contributed by atoms with Gasteiger partial charge in [0.25, 0.3) is 0 Å². The minimum absolute atomic E-state index is 0.0184. The molecule has 1 spiro atoms. The molecule has 2 aliphatic heterocycles. The van der Waals surface area contributed by atoms with E-state index in [1.165, 1.54) is 5.75 Å². The smallest absolute Gasteiger partial charge is 0.126 e. The molecule has 21 heavy (non-hydrogen) atoms. The molecule has 0 aromatic heterocycles. The van der Waals surface area contributed by atoms with Crippen LogP contribution in [0.3, 0.4) is 0 Å². The van der Waals surface area contributed by atoms with Crippen molar-refractivity contribution in [1.29, 1.82) is 0 Å². The predicted molar refractivity (Wildman–Crippen MR) is 89.1 cm³/mol. The molecule has 2 aliphatic rings. The maximum absolute atomic E-state index is 9.91. The molecule has 3 atom stereocenters. The van der Waals surface area contributed by atoms with E-state index in [-0.39, 0.29) is 11.7 Å². The summed E-state index contributed by atoms with van der Waals surface area (Å²) in [5, 5.41) is 9.91. The average molecular weight is 373 g/mol. The lowest BCUT2D eigenvalue weighted by Gasteiger charge is -2.38. The molecule has 0 bridgehead atoms. The van der Waals surface area contributed by atoms with E-state index in [0.717, 1.165) is 47.4 Å². The van der Waals surface area contributed by atoms with Gasteiger partial charge in [-0.25, -0.2) is 0 Å². The Morgan fingerprint density at radius 2 is 2.38 bits per heavy atom. The molecule has 1 aromatic rings. The molecule has 3 nitrogen and oxygen atoms in total. The largest absolute Gasteiger partial charge is 0.490 e. The fourth-order valence-electron chi connectivity index (χ4n) is 3.08. The van der Waals surface area contributed by atoms with Crippen LogP contribution < -0.4 is 4.74 Å². The molecular formula is C16H21BrO3S. The molecule has 0 radical (unpaired) electrons. The van der Waals surface area contributed by atoms with Crippen molar-refractivity contribution < 1.29 is 14.6 Å². The summed E-state index contributed by atoms with van der Waals surface area (Å²) in [6, 6.07) is 5.81. The molecule has 2 saturated heterocycles. The Kier molecular flexibility index (Phi) is 4.84. The highest BCUT2D eigenvalue weighted by Gasteiger charge is 2.41. The molecule has 3 rings (SSSR count). The fourth-order valence-corrected chi connectivity index (χ4v) is 4.80. The van der Waals surface area contributed by atoms with Crippen LogP contribution >= 0.6 is 27.7 Å². The van der Waals surface area contributed by atoms with Crippen molar-refractivity contribution in [2.45, 2.75) is 44.0 Å². The third-order valence-electron chi connectivity index (χ3n) is 4.23. The highest BCUT2D eigenvalue weighted by molar-refractivity contribution is 9.10. The molecule has 1 N–H and O–H groups in total. The Labute approximate surface area is 138 Å². The molecule has 2 fully saturated rings. The topological polar surface area (TPSA) is 38.7 Å². The Balaban J connectivity index is 1.75. The summed E-state index contributed by atoms with van der Waals surface area (Å²) < 4.78 is 13.2. The van der Waals surface area contributed by atoms with Gasteiger partial charge in [-0.1, -0.05) is 22.0 Å². The lowest BCUT2D eigenvalue weighted by Crippen LogP contribution is -2.43. The van der Waals surface area contributed by atoms with Crippen LogP contribution in [-0.4, -0.2) is 34.9 Å². The van der Waals surface area contributed by atoms with Crippen LogP contribution in [0.4, 0.5) is 0 Å². The SMILES string of the molecule is C[C@H](O)c1ccc(Br)cc1OC1CCOC2(CCSC2)C1. The lowest BCUT2D eigenvalue weighted by atomic mass is 9.91. The fraction of sp³-hybridized carbons (Fsp3) is 0.625. The normalized spacial score (nSPS) is 30.5. The quantitative estimate of drug-likeness (QED) is 0.871. The van der Waals surface area contributed by atoms with Crippen molar-refractivity contribution in [3.05, 3.63) is 28.2 Å². The standard InChI is InChI=1S/C16H21BrO3S/c1-11(18)14-3-2-12(17)8-15(14)20-13-4-6-19-16(9-13)5-7-21-10-16/h2-3,8,11,13,18H,4-7,9-10H2,1H3/t11-,13?,16?/m0/s1. The number of ether oxygens (including phenoxy) is 2. The summed E-state index contributed by atoms with van der Waals surface area (Å²) in [6.07, 6.45) is 2.64. The van der Waals surface area contributed by atoms with Crippen molar-refractivity contribution in [1.82, 2.24) is 0 Å². The Morgan fingerprint density at radius 3 is 3.10 bits per heavy atom. The third-order valence-corrected chi connectivity index (χ3v) is 5.95. The monoisotopic (exact) mass is 372 g/mol. The van der Waals surface area contributed by atoms with Gasteiger partial charge in [0, 0.05) is 28.6 Å². The maximum Gasteiger partial charge on any atom is 0.126 e. The number of aliphatic hydroxyl groups is 1. The molecule has 2 unspecified atom stereocenters. The van der Waals surface area contributed by atoms with Gasteiger partial charge < -0.3 is 14.6 Å². The van der Waals surface area contributed by atoms with Crippen molar-refractivity contribution in [2.75, 3.05) is 18.1 Å². The van der Waals surface area contributed by atoms with Crippen molar-refractivity contribution in [2.24, 2.45) is 0 Å². The summed E-state index contributed by atoms with van der Waals surface area (Å²) in [5.74, 6) is 3.05. The minimum Gasteiger partial charge on any atom is -0.490 e. The van der Waals surface area contributed by atoms with Gasteiger partial charge in [0.1, 0.15) is 11.9 Å². The lowest BCUT2D eigenvalue weighted by molar-refractivity contribution is -0.0962. The van der Waals surface area contributed by atoms with Crippen molar-refractivity contribution >= 4 is 27.7 Å². The van der Waals surface area contributed by atoms with Gasteiger partial charge in [0.15, 0.2) is 0 Å². The van der Waals surface area contributed by atoms with E-state index in [9.17, 15) is 5.11 Å². The van der Waals surface area contributed by atoms with Gasteiger partial charge in [-0.05, 0) is 31.2 Å². The Morgan fingerprint density at radius 1 is 1.52 bits per heavy atom. The number of aliphatic hydroxyl groups excluding tert-OH is 1. The number of thioether (sulfide) groups is 1. The third kappa shape index (κ3) is 3.58. The second-order valence-electron chi connectivity index (χ2n) is 5.92. The molecule has 2 heterocycles. The van der Waals surface area contributed by atoms with Gasteiger partial charge in [-0.3, -0.25) is 0 Å². The van der Waals surface area contributed by atoms with E-state index in [1.807, 2.05) is 30.0 Å². The highest BCUT2D eigenvalue weighted by atomic mass is 79.9. The first-order chi connectivity index (χ1) is 10.1. The maximum atomic E-state index is 9.91. The first-order valence-electron chi connectivity index (χ1n) is 7.44. The molecule has 0 saturated carbocycles. The van der Waals surface area contributed by atoms with Crippen LogP contribution in [0.1, 0.15) is 37.9 Å². The molecule has 5 heteroatoms. The van der Waals surface area contributed by atoms with Gasteiger partial charge in [-0.15, -0.1) is 0 Å². The highest BCUT2D eigenvalue weighted by Crippen LogP contribution is 2.40. The van der Waals surface area contributed by atoms with Crippen LogP contribution in [0.15, 0.2) is 22.7 Å². The van der Waals surface area contributed by atoms with E-state index in [2.05, 4.69) is 15.9 Å². The van der Waals surface area contributed by atoms with Gasteiger partial charge in [-0.2, -0.15) is 11.8 Å². The van der Waals surface area contributed by atoms with Crippen molar-refractivity contribution in [3.63, 3.8) is 0 Å². The first kappa shape index (κ1) is 15.7. The van der Waals surface area contributed by atoms with Crippen LogP contribution in [0, 0.1) is 0 Å². The summed E-state index contributed by atoms with van der Waals surface area (Å²) in [4.78, 5) is 0. The molecule has 116 valence electrons. The summed E-state index contributed by atoms with van der Waals surface area (Å²) >= 11 is 5.45. The average Bonchev–Trinajstić information content (AvgIpc) is 2.86. The Bertz CT molecular complexity index is 500. The first-order valence-corrected chi connectivity index (χ1v) is 9.39. The van der Waals surface area contributed by atoms with Gasteiger partial charge >= 0.3 is 0 Å². The number of halogens is 1. The second kappa shape index (κ2) is 6.49. The van der Waals surface area contributed by atoms with E-state index in [4.69, 9.17) is 9.47 Å². The zero-order valence-electron chi connectivity index (χ0n) is 12.2. The zero-order valence-corrected chi connectivity index (χ0v) is 14.6. The minimum atomic E-state index is -0.524. The zero-order chi connectivity index (χ0) is 14.9. The van der Waals surface area contributed by atoms with Crippen LogP contribution in [0.25, 0.3) is 0 Å². The Hall–Kier alpha value is -0.230.